The van der Waals surface area contributed by atoms with Crippen molar-refractivity contribution in [2.24, 2.45) is 0 Å². The van der Waals surface area contributed by atoms with Crippen LogP contribution in [-0.4, -0.2) is 42.1 Å². The van der Waals surface area contributed by atoms with Crippen LogP contribution < -0.4 is 5.32 Å². The fraction of sp³-hybridized carbons (Fsp3) is 0.667. The lowest BCUT2D eigenvalue weighted by Gasteiger charge is -2.35. The van der Waals surface area contributed by atoms with Gasteiger partial charge in [0.2, 0.25) is 0 Å². The Morgan fingerprint density at radius 2 is 2.47 bits per heavy atom. The number of likely N-dealkylation sites (tertiary alicyclic amines) is 1. The third kappa shape index (κ3) is 2.49. The largest absolute Gasteiger partial charge is 0.361 e. The molecule has 1 atom stereocenters. The van der Waals surface area contributed by atoms with Gasteiger partial charge in [-0.1, -0.05) is 5.16 Å². The number of carbonyl (C=O) groups is 1. The van der Waals surface area contributed by atoms with E-state index < -0.39 is 0 Å². The third-order valence-electron chi connectivity index (χ3n) is 3.31. The quantitative estimate of drug-likeness (QED) is 0.858. The van der Waals surface area contributed by atoms with E-state index in [-0.39, 0.29) is 11.9 Å². The van der Waals surface area contributed by atoms with Crippen molar-refractivity contribution in [1.29, 1.82) is 0 Å². The summed E-state index contributed by atoms with van der Waals surface area (Å²) < 4.78 is 4.96. The number of rotatable bonds is 3. The summed E-state index contributed by atoms with van der Waals surface area (Å²) in [5, 5.41) is 6.82. The number of aryl methyl sites for hydroxylation is 1. The van der Waals surface area contributed by atoms with E-state index in [0.29, 0.717) is 11.3 Å². The Bertz CT molecular complexity index is 387. The molecular weight excluding hydrogens is 218 g/mol. The number of hydrogen-bond donors (Lipinski definition) is 1. The molecule has 1 aromatic rings. The summed E-state index contributed by atoms with van der Waals surface area (Å²) in [6.07, 6.45) is 4.86. The summed E-state index contributed by atoms with van der Waals surface area (Å²) in [5.74, 6) is 0.646. The predicted octanol–water partition coefficient (Wildman–Crippen LogP) is 1.20. The molecule has 2 rings (SSSR count). The number of carbonyl (C=O) groups excluding carboxylic acids is 1. The highest BCUT2D eigenvalue weighted by Crippen LogP contribution is 2.20. The molecule has 0 radical (unpaired) electrons. The molecule has 1 aliphatic rings. The van der Waals surface area contributed by atoms with Gasteiger partial charge in [0.1, 0.15) is 11.3 Å². The van der Waals surface area contributed by atoms with E-state index in [2.05, 4.69) is 10.5 Å². The van der Waals surface area contributed by atoms with Crippen molar-refractivity contribution in [3.8, 4) is 0 Å². The fourth-order valence-electron chi connectivity index (χ4n) is 2.37. The minimum absolute atomic E-state index is 0.0451. The molecule has 1 aromatic heterocycles. The maximum atomic E-state index is 12.4. The highest BCUT2D eigenvalue weighted by Gasteiger charge is 2.28. The lowest BCUT2D eigenvalue weighted by molar-refractivity contribution is 0.0613. The molecule has 1 saturated heterocycles. The van der Waals surface area contributed by atoms with E-state index in [0.717, 1.165) is 25.9 Å². The summed E-state index contributed by atoms with van der Waals surface area (Å²) in [4.78, 5) is 14.3. The van der Waals surface area contributed by atoms with Gasteiger partial charge in [0, 0.05) is 19.1 Å². The minimum atomic E-state index is 0.0451. The molecule has 17 heavy (non-hydrogen) atoms. The summed E-state index contributed by atoms with van der Waals surface area (Å²) >= 11 is 0. The number of aromatic nitrogens is 1. The van der Waals surface area contributed by atoms with Gasteiger partial charge in [-0.05, 0) is 33.2 Å². The minimum Gasteiger partial charge on any atom is -0.361 e. The molecule has 5 heteroatoms. The maximum Gasteiger partial charge on any atom is 0.259 e. The smallest absolute Gasteiger partial charge is 0.259 e. The monoisotopic (exact) mass is 237 g/mol. The van der Waals surface area contributed by atoms with Crippen molar-refractivity contribution in [3.05, 3.63) is 17.5 Å². The average Bonchev–Trinajstić information content (AvgIpc) is 2.76. The number of piperidine rings is 1. The van der Waals surface area contributed by atoms with Crippen LogP contribution in [0.5, 0.6) is 0 Å². The second-order valence-corrected chi connectivity index (χ2v) is 4.50. The summed E-state index contributed by atoms with van der Waals surface area (Å²) in [6.45, 7) is 3.45. The lowest BCUT2D eigenvalue weighted by Crippen LogP contribution is -2.48. The van der Waals surface area contributed by atoms with Crippen molar-refractivity contribution in [2.75, 3.05) is 20.1 Å². The van der Waals surface area contributed by atoms with Crippen LogP contribution in [0.2, 0.25) is 0 Å². The van der Waals surface area contributed by atoms with E-state index in [4.69, 9.17) is 4.52 Å². The summed E-state index contributed by atoms with van der Waals surface area (Å²) in [7, 11) is 1.92. The van der Waals surface area contributed by atoms with Gasteiger partial charge in [-0.3, -0.25) is 4.79 Å². The molecule has 1 N–H and O–H groups in total. The zero-order valence-corrected chi connectivity index (χ0v) is 10.4. The van der Waals surface area contributed by atoms with Gasteiger partial charge in [-0.2, -0.15) is 0 Å². The van der Waals surface area contributed by atoms with Crippen molar-refractivity contribution >= 4 is 5.91 Å². The highest BCUT2D eigenvalue weighted by molar-refractivity contribution is 5.95. The number of amides is 1. The molecule has 0 saturated carbocycles. The van der Waals surface area contributed by atoms with E-state index in [1.54, 1.807) is 6.92 Å². The van der Waals surface area contributed by atoms with E-state index in [9.17, 15) is 4.79 Å². The first-order valence-electron chi connectivity index (χ1n) is 6.11. The molecule has 0 bridgehead atoms. The van der Waals surface area contributed by atoms with Crippen LogP contribution in [0.4, 0.5) is 0 Å². The van der Waals surface area contributed by atoms with Crippen LogP contribution >= 0.6 is 0 Å². The number of nitrogens with zero attached hydrogens (tertiary/aromatic N) is 2. The van der Waals surface area contributed by atoms with Gasteiger partial charge in [0.15, 0.2) is 0 Å². The average molecular weight is 237 g/mol. The lowest BCUT2D eigenvalue weighted by atomic mass is 10.0. The van der Waals surface area contributed by atoms with Crippen LogP contribution in [0, 0.1) is 6.92 Å². The van der Waals surface area contributed by atoms with E-state index >= 15 is 0 Å². The van der Waals surface area contributed by atoms with Crippen molar-refractivity contribution in [2.45, 2.75) is 32.2 Å². The maximum absolute atomic E-state index is 12.4. The normalized spacial score (nSPS) is 20.6. The number of nitrogens with one attached hydrogen (secondary N) is 1. The fourth-order valence-corrected chi connectivity index (χ4v) is 2.37. The number of likely N-dealkylation sites (N-methyl/N-ethyl adjacent to an activating group) is 1. The Morgan fingerprint density at radius 1 is 1.65 bits per heavy atom. The zero-order chi connectivity index (χ0) is 12.3. The van der Waals surface area contributed by atoms with Gasteiger partial charge in [0.05, 0.1) is 6.20 Å². The van der Waals surface area contributed by atoms with Crippen molar-refractivity contribution in [3.63, 3.8) is 0 Å². The molecule has 94 valence electrons. The second kappa shape index (κ2) is 5.31. The summed E-state index contributed by atoms with van der Waals surface area (Å²) in [6, 6.07) is 0.288. The molecule has 1 fully saturated rings. The van der Waals surface area contributed by atoms with Crippen LogP contribution in [0.15, 0.2) is 10.7 Å². The Morgan fingerprint density at radius 3 is 3.12 bits per heavy atom. The molecule has 2 heterocycles. The van der Waals surface area contributed by atoms with Gasteiger partial charge >= 0.3 is 0 Å². The van der Waals surface area contributed by atoms with Crippen LogP contribution in [0.3, 0.4) is 0 Å². The Labute approximate surface area is 101 Å². The first-order valence-corrected chi connectivity index (χ1v) is 6.11. The third-order valence-corrected chi connectivity index (χ3v) is 3.31. The van der Waals surface area contributed by atoms with Crippen molar-refractivity contribution in [1.82, 2.24) is 15.4 Å². The van der Waals surface area contributed by atoms with Gasteiger partial charge in [0.25, 0.3) is 5.91 Å². The van der Waals surface area contributed by atoms with Crippen LogP contribution in [-0.2, 0) is 0 Å². The zero-order valence-electron chi connectivity index (χ0n) is 10.4. The first kappa shape index (κ1) is 12.1. The Balaban J connectivity index is 2.14. The molecule has 0 spiro atoms. The molecule has 1 amide bonds. The SMILES string of the molecule is CNCC1CCCCN1C(=O)c1cnoc1C. The van der Waals surface area contributed by atoms with Gasteiger partial charge in [-0.25, -0.2) is 0 Å². The molecule has 0 aliphatic carbocycles. The topological polar surface area (TPSA) is 58.4 Å². The molecule has 5 nitrogen and oxygen atoms in total. The van der Waals surface area contributed by atoms with Crippen LogP contribution in [0.1, 0.15) is 35.4 Å². The Hall–Kier alpha value is -1.36. The van der Waals surface area contributed by atoms with E-state index in [1.807, 2.05) is 11.9 Å². The predicted molar refractivity (Wildman–Crippen MR) is 63.8 cm³/mol. The summed E-state index contributed by atoms with van der Waals surface area (Å²) in [5.41, 5.74) is 0.591. The first-order chi connectivity index (χ1) is 8.24. The van der Waals surface area contributed by atoms with E-state index in [1.165, 1.54) is 12.6 Å². The van der Waals surface area contributed by atoms with Crippen molar-refractivity contribution < 1.29 is 9.32 Å². The molecular formula is C12H19N3O2. The second-order valence-electron chi connectivity index (χ2n) is 4.50. The standard InChI is InChI=1S/C12H19N3O2/c1-9-11(8-14-17-9)12(16)15-6-4-3-5-10(15)7-13-2/h8,10,13H,3-7H2,1-2H3. The number of hydrogen-bond acceptors (Lipinski definition) is 4. The van der Waals surface area contributed by atoms with Crippen LogP contribution in [0.25, 0.3) is 0 Å². The Kier molecular flexibility index (Phi) is 3.78. The molecule has 0 aromatic carbocycles. The van der Waals surface area contributed by atoms with Gasteiger partial charge in [-0.15, -0.1) is 0 Å². The molecule has 1 unspecified atom stereocenters. The molecule has 1 aliphatic heterocycles. The van der Waals surface area contributed by atoms with Gasteiger partial charge < -0.3 is 14.7 Å². The highest BCUT2D eigenvalue weighted by atomic mass is 16.5.